The first-order chi connectivity index (χ1) is 12.5. The number of aryl methyl sites for hydroxylation is 2. The van der Waals surface area contributed by atoms with Gasteiger partial charge in [0, 0.05) is 26.7 Å². The van der Waals surface area contributed by atoms with Gasteiger partial charge in [0.05, 0.1) is 17.5 Å². The maximum atomic E-state index is 12.6. The quantitative estimate of drug-likeness (QED) is 0.859. The van der Waals surface area contributed by atoms with Gasteiger partial charge in [0.25, 0.3) is 5.91 Å². The van der Waals surface area contributed by atoms with E-state index in [1.807, 2.05) is 25.1 Å². The summed E-state index contributed by atoms with van der Waals surface area (Å²) in [6, 6.07) is 11.6. The number of hydrogen-bond donors (Lipinski definition) is 2. The van der Waals surface area contributed by atoms with Crippen LogP contribution in [-0.2, 0) is 11.3 Å². The molecule has 6 heteroatoms. The van der Waals surface area contributed by atoms with Crippen molar-refractivity contribution in [1.29, 1.82) is 0 Å². The third-order valence-corrected chi connectivity index (χ3v) is 4.83. The van der Waals surface area contributed by atoms with E-state index in [4.69, 9.17) is 4.42 Å². The Labute approximate surface area is 153 Å². The molecule has 1 saturated heterocycles. The van der Waals surface area contributed by atoms with Crippen molar-refractivity contribution in [3.63, 3.8) is 0 Å². The number of rotatable bonds is 5. The summed E-state index contributed by atoms with van der Waals surface area (Å²) in [6.07, 6.45) is 0. The number of nitrogens with one attached hydrogen (secondary N) is 2. The molecule has 2 aromatic rings. The topological polar surface area (TPSA) is 74.6 Å². The van der Waals surface area contributed by atoms with Crippen molar-refractivity contribution in [2.75, 3.05) is 20.1 Å². The molecule has 2 amide bonds. The van der Waals surface area contributed by atoms with Gasteiger partial charge in [-0.2, -0.15) is 0 Å². The average Bonchev–Trinajstić information content (AvgIpc) is 3.17. The van der Waals surface area contributed by atoms with Crippen LogP contribution in [0.15, 0.2) is 40.8 Å². The van der Waals surface area contributed by atoms with Crippen LogP contribution < -0.4 is 10.6 Å². The van der Waals surface area contributed by atoms with Crippen LogP contribution in [0.2, 0.25) is 0 Å². The Kier molecular flexibility index (Phi) is 5.42. The van der Waals surface area contributed by atoms with Gasteiger partial charge in [0.2, 0.25) is 5.91 Å². The van der Waals surface area contributed by atoms with E-state index in [2.05, 4.69) is 27.7 Å². The summed E-state index contributed by atoms with van der Waals surface area (Å²) in [5.74, 6) is 0.773. The molecule has 6 nitrogen and oxygen atoms in total. The number of carbonyl (C=O) groups excluding carboxylic acids is 2. The Morgan fingerprint density at radius 2 is 1.92 bits per heavy atom. The van der Waals surface area contributed by atoms with Crippen LogP contribution in [0, 0.1) is 19.8 Å². The molecule has 0 spiro atoms. The molecule has 2 N–H and O–H groups in total. The Bertz CT molecular complexity index is 785. The Morgan fingerprint density at radius 3 is 2.54 bits per heavy atom. The maximum Gasteiger partial charge on any atom is 0.255 e. The zero-order valence-electron chi connectivity index (χ0n) is 15.4. The Morgan fingerprint density at radius 1 is 1.19 bits per heavy atom. The first-order valence-electron chi connectivity index (χ1n) is 8.83. The van der Waals surface area contributed by atoms with Gasteiger partial charge in [-0.3, -0.25) is 14.5 Å². The molecule has 0 bridgehead atoms. The Hall–Kier alpha value is -2.60. The highest BCUT2D eigenvalue weighted by Gasteiger charge is 2.38. The summed E-state index contributed by atoms with van der Waals surface area (Å²) in [5.41, 5.74) is 1.72. The molecular weight excluding hydrogens is 330 g/mol. The van der Waals surface area contributed by atoms with Gasteiger partial charge in [-0.05, 0) is 25.5 Å². The zero-order chi connectivity index (χ0) is 18.7. The number of carbonyl (C=O) groups is 2. The fourth-order valence-electron chi connectivity index (χ4n) is 3.56. The van der Waals surface area contributed by atoms with E-state index in [-0.39, 0.29) is 23.8 Å². The minimum Gasteiger partial charge on any atom is -0.466 e. The summed E-state index contributed by atoms with van der Waals surface area (Å²) in [6.45, 7) is 5.59. The average molecular weight is 355 g/mol. The summed E-state index contributed by atoms with van der Waals surface area (Å²) in [5, 5.41) is 5.74. The van der Waals surface area contributed by atoms with Crippen LogP contribution in [0.1, 0.15) is 27.4 Å². The zero-order valence-corrected chi connectivity index (χ0v) is 15.4. The van der Waals surface area contributed by atoms with Crippen LogP contribution in [0.5, 0.6) is 0 Å². The SMILES string of the molecule is CNC(=O)[C@H]1CN(Cc2ccccc2)C[C@@H]1NC(=O)c1cc(C)oc1C. The van der Waals surface area contributed by atoms with Crippen molar-refractivity contribution >= 4 is 11.8 Å². The number of hydrogen-bond acceptors (Lipinski definition) is 4. The molecule has 26 heavy (non-hydrogen) atoms. The molecule has 1 aliphatic heterocycles. The molecule has 138 valence electrons. The van der Waals surface area contributed by atoms with Crippen LogP contribution in [0.4, 0.5) is 0 Å². The van der Waals surface area contributed by atoms with Gasteiger partial charge >= 0.3 is 0 Å². The van der Waals surface area contributed by atoms with Crippen molar-refractivity contribution < 1.29 is 14.0 Å². The van der Waals surface area contributed by atoms with E-state index < -0.39 is 0 Å². The molecule has 1 aromatic carbocycles. The van der Waals surface area contributed by atoms with Gasteiger partial charge in [0.1, 0.15) is 11.5 Å². The fraction of sp³-hybridized carbons (Fsp3) is 0.400. The van der Waals surface area contributed by atoms with Gasteiger partial charge in [0.15, 0.2) is 0 Å². The second kappa shape index (κ2) is 7.74. The van der Waals surface area contributed by atoms with Crippen molar-refractivity contribution in [3.8, 4) is 0 Å². The lowest BCUT2D eigenvalue weighted by Crippen LogP contribution is -2.45. The third-order valence-electron chi connectivity index (χ3n) is 4.83. The normalized spacial score (nSPS) is 20.1. The predicted molar refractivity (Wildman–Crippen MR) is 98.7 cm³/mol. The molecule has 0 saturated carbocycles. The summed E-state index contributed by atoms with van der Waals surface area (Å²) in [4.78, 5) is 27.1. The van der Waals surface area contributed by atoms with Crippen molar-refractivity contribution in [2.45, 2.75) is 26.4 Å². The highest BCUT2D eigenvalue weighted by Crippen LogP contribution is 2.21. The second-order valence-electron chi connectivity index (χ2n) is 6.81. The minimum absolute atomic E-state index is 0.0500. The molecule has 1 fully saturated rings. The number of amides is 2. The minimum atomic E-state index is -0.277. The van der Waals surface area contributed by atoms with E-state index in [1.165, 1.54) is 5.56 Å². The number of benzene rings is 1. The number of furan rings is 1. The van der Waals surface area contributed by atoms with Gasteiger partial charge in [-0.1, -0.05) is 30.3 Å². The van der Waals surface area contributed by atoms with E-state index in [1.54, 1.807) is 20.0 Å². The monoisotopic (exact) mass is 355 g/mol. The standard InChI is InChI=1S/C20H25N3O3/c1-13-9-16(14(2)26-13)20(25)22-18-12-23(11-17(18)19(24)21-3)10-15-7-5-4-6-8-15/h4-9,17-18H,10-12H2,1-3H3,(H,21,24)(H,22,25)/t17-,18-/m0/s1. The van der Waals surface area contributed by atoms with Crippen LogP contribution in [0.25, 0.3) is 0 Å². The van der Waals surface area contributed by atoms with Gasteiger partial charge in [-0.15, -0.1) is 0 Å². The highest BCUT2D eigenvalue weighted by molar-refractivity contribution is 5.96. The number of likely N-dealkylation sites (tertiary alicyclic amines) is 1. The Balaban J connectivity index is 1.72. The molecule has 2 heterocycles. The first kappa shape index (κ1) is 18.2. The molecular formula is C20H25N3O3. The summed E-state index contributed by atoms with van der Waals surface area (Å²) >= 11 is 0. The highest BCUT2D eigenvalue weighted by atomic mass is 16.3. The van der Waals surface area contributed by atoms with Crippen LogP contribution in [-0.4, -0.2) is 42.9 Å². The second-order valence-corrected chi connectivity index (χ2v) is 6.81. The fourth-order valence-corrected chi connectivity index (χ4v) is 3.56. The lowest BCUT2D eigenvalue weighted by Gasteiger charge is -2.18. The van der Waals surface area contributed by atoms with Crippen LogP contribution in [0.3, 0.4) is 0 Å². The molecule has 3 rings (SSSR count). The number of nitrogens with zero attached hydrogens (tertiary/aromatic N) is 1. The predicted octanol–water partition coefficient (Wildman–Crippen LogP) is 1.87. The van der Waals surface area contributed by atoms with E-state index in [0.717, 1.165) is 6.54 Å². The largest absolute Gasteiger partial charge is 0.466 e. The van der Waals surface area contributed by atoms with E-state index >= 15 is 0 Å². The van der Waals surface area contributed by atoms with Crippen molar-refractivity contribution in [1.82, 2.24) is 15.5 Å². The van der Waals surface area contributed by atoms with Crippen molar-refractivity contribution in [3.05, 3.63) is 59.0 Å². The van der Waals surface area contributed by atoms with Gasteiger partial charge < -0.3 is 15.1 Å². The smallest absolute Gasteiger partial charge is 0.255 e. The third kappa shape index (κ3) is 3.96. The van der Waals surface area contributed by atoms with E-state index in [9.17, 15) is 9.59 Å². The van der Waals surface area contributed by atoms with E-state index in [0.29, 0.717) is 30.2 Å². The van der Waals surface area contributed by atoms with Crippen molar-refractivity contribution in [2.24, 2.45) is 5.92 Å². The van der Waals surface area contributed by atoms with Crippen LogP contribution >= 0.6 is 0 Å². The lowest BCUT2D eigenvalue weighted by molar-refractivity contribution is -0.124. The molecule has 2 atom stereocenters. The molecule has 1 aromatic heterocycles. The summed E-state index contributed by atoms with van der Waals surface area (Å²) < 4.78 is 5.45. The molecule has 0 unspecified atom stereocenters. The molecule has 0 aliphatic carbocycles. The molecule has 0 radical (unpaired) electrons. The summed E-state index contributed by atoms with van der Waals surface area (Å²) in [7, 11) is 1.63. The maximum absolute atomic E-state index is 12.6. The lowest BCUT2D eigenvalue weighted by atomic mass is 10.0. The van der Waals surface area contributed by atoms with Gasteiger partial charge in [-0.25, -0.2) is 0 Å². The first-order valence-corrected chi connectivity index (χ1v) is 8.83. The molecule has 1 aliphatic rings.